The molecule has 4 nitrogen and oxygen atoms in total. The molecule has 0 aromatic heterocycles. The van der Waals surface area contributed by atoms with Gasteiger partial charge in [-0.1, -0.05) is 13.8 Å². The predicted octanol–water partition coefficient (Wildman–Crippen LogP) is 2.14. The van der Waals surface area contributed by atoms with Crippen LogP contribution in [0.5, 0.6) is 0 Å². The first-order chi connectivity index (χ1) is 8.39. The Bertz CT molecular complexity index is 343. The van der Waals surface area contributed by atoms with E-state index in [1.54, 1.807) is 0 Å². The molecule has 4 heteroatoms. The molecule has 1 amide bonds. The first-order valence-electron chi connectivity index (χ1n) is 6.91. The number of rotatable bonds is 2. The van der Waals surface area contributed by atoms with Gasteiger partial charge in [0.2, 0.25) is 5.91 Å². The van der Waals surface area contributed by atoms with Crippen LogP contribution in [0.25, 0.3) is 0 Å². The summed E-state index contributed by atoms with van der Waals surface area (Å²) in [6.45, 7) is 6.11. The molecular weight excluding hydrogens is 230 g/mol. The molecule has 1 saturated heterocycles. The maximum absolute atomic E-state index is 12.3. The fourth-order valence-corrected chi connectivity index (χ4v) is 3.15. The molecule has 2 aliphatic rings. The van der Waals surface area contributed by atoms with Crippen LogP contribution in [-0.4, -0.2) is 35.0 Å². The zero-order chi connectivity index (χ0) is 13.3. The van der Waals surface area contributed by atoms with Crippen molar-refractivity contribution in [1.29, 1.82) is 0 Å². The fraction of sp³-hybridized carbons (Fsp3) is 0.857. The van der Waals surface area contributed by atoms with Crippen LogP contribution in [0.4, 0.5) is 0 Å². The zero-order valence-electron chi connectivity index (χ0n) is 11.3. The number of carboxylic acids is 1. The number of carbonyl (C=O) groups excluding carboxylic acids is 1. The molecule has 1 heterocycles. The molecule has 0 unspecified atom stereocenters. The van der Waals surface area contributed by atoms with E-state index in [-0.39, 0.29) is 23.2 Å². The molecule has 0 bridgehead atoms. The average Bonchev–Trinajstić information content (AvgIpc) is 2.69. The van der Waals surface area contributed by atoms with E-state index in [4.69, 9.17) is 5.11 Å². The van der Waals surface area contributed by atoms with Gasteiger partial charge in [0.1, 0.15) is 0 Å². The van der Waals surface area contributed by atoms with Gasteiger partial charge in [-0.15, -0.1) is 0 Å². The lowest BCUT2D eigenvalue weighted by Gasteiger charge is -2.29. The molecule has 0 spiro atoms. The largest absolute Gasteiger partial charge is 0.481 e. The van der Waals surface area contributed by atoms with Crippen molar-refractivity contribution in [3.05, 3.63) is 0 Å². The van der Waals surface area contributed by atoms with Crippen LogP contribution < -0.4 is 0 Å². The molecular formula is C14H23NO3. The van der Waals surface area contributed by atoms with E-state index < -0.39 is 5.97 Å². The summed E-state index contributed by atoms with van der Waals surface area (Å²) in [5.74, 6) is -0.619. The molecule has 0 radical (unpaired) electrons. The van der Waals surface area contributed by atoms with E-state index in [9.17, 15) is 9.59 Å². The third-order valence-corrected chi connectivity index (χ3v) is 4.41. The van der Waals surface area contributed by atoms with Crippen molar-refractivity contribution in [1.82, 2.24) is 4.90 Å². The molecule has 0 aromatic rings. The Balaban J connectivity index is 1.87. The number of amides is 1. The van der Waals surface area contributed by atoms with Crippen LogP contribution in [0.15, 0.2) is 0 Å². The van der Waals surface area contributed by atoms with Gasteiger partial charge in [0.25, 0.3) is 0 Å². The second kappa shape index (κ2) is 4.90. The molecule has 0 aromatic carbocycles. The van der Waals surface area contributed by atoms with Crippen molar-refractivity contribution >= 4 is 11.9 Å². The van der Waals surface area contributed by atoms with Crippen LogP contribution in [0.2, 0.25) is 0 Å². The number of carbonyl (C=O) groups is 2. The minimum atomic E-state index is -0.705. The molecule has 2 rings (SSSR count). The average molecular weight is 253 g/mol. The van der Waals surface area contributed by atoms with Gasteiger partial charge in [-0.25, -0.2) is 0 Å². The first kappa shape index (κ1) is 13.4. The van der Waals surface area contributed by atoms with Crippen molar-refractivity contribution in [3.8, 4) is 0 Å². The molecule has 18 heavy (non-hydrogen) atoms. The summed E-state index contributed by atoms with van der Waals surface area (Å²) in [7, 11) is 0. The van der Waals surface area contributed by atoms with Crippen molar-refractivity contribution in [2.45, 2.75) is 46.0 Å². The minimum absolute atomic E-state index is 0.0644. The van der Waals surface area contributed by atoms with E-state index in [2.05, 4.69) is 13.8 Å². The topological polar surface area (TPSA) is 57.6 Å². The van der Waals surface area contributed by atoms with E-state index in [1.807, 2.05) is 4.90 Å². The van der Waals surface area contributed by atoms with E-state index in [1.165, 1.54) is 0 Å². The Hall–Kier alpha value is -1.06. The van der Waals surface area contributed by atoms with Crippen molar-refractivity contribution in [2.75, 3.05) is 13.1 Å². The maximum atomic E-state index is 12.3. The molecule has 1 N–H and O–H groups in total. The highest BCUT2D eigenvalue weighted by Gasteiger charge is 2.37. The number of hydrogen-bond donors (Lipinski definition) is 1. The molecule has 102 valence electrons. The Morgan fingerprint density at radius 1 is 1.11 bits per heavy atom. The van der Waals surface area contributed by atoms with Gasteiger partial charge in [0, 0.05) is 19.0 Å². The summed E-state index contributed by atoms with van der Waals surface area (Å²) in [5.41, 5.74) is 0.244. The van der Waals surface area contributed by atoms with Gasteiger partial charge in [-0.2, -0.15) is 0 Å². The van der Waals surface area contributed by atoms with E-state index in [0.717, 1.165) is 32.4 Å². The molecule has 0 atom stereocenters. The SMILES string of the molecule is CC1(C)CCN(C(=O)C2CCC(C(=O)O)CC2)C1. The van der Waals surface area contributed by atoms with E-state index in [0.29, 0.717) is 12.8 Å². The van der Waals surface area contributed by atoms with Gasteiger partial charge < -0.3 is 10.0 Å². The van der Waals surface area contributed by atoms with Crippen molar-refractivity contribution in [3.63, 3.8) is 0 Å². The van der Waals surface area contributed by atoms with Gasteiger partial charge >= 0.3 is 5.97 Å². The lowest BCUT2D eigenvalue weighted by molar-refractivity contribution is -0.145. The highest BCUT2D eigenvalue weighted by molar-refractivity contribution is 5.79. The summed E-state index contributed by atoms with van der Waals surface area (Å²) in [6.07, 6.45) is 3.87. The normalized spacial score (nSPS) is 31.3. The van der Waals surface area contributed by atoms with E-state index >= 15 is 0 Å². The molecule has 1 aliphatic heterocycles. The smallest absolute Gasteiger partial charge is 0.306 e. The van der Waals surface area contributed by atoms with Crippen LogP contribution in [0.1, 0.15) is 46.0 Å². The zero-order valence-corrected chi connectivity index (χ0v) is 11.3. The highest BCUT2D eigenvalue weighted by Crippen LogP contribution is 2.34. The second-order valence-corrected chi connectivity index (χ2v) is 6.56. The lowest BCUT2D eigenvalue weighted by Crippen LogP contribution is -2.37. The van der Waals surface area contributed by atoms with Crippen LogP contribution >= 0.6 is 0 Å². The monoisotopic (exact) mass is 253 g/mol. The van der Waals surface area contributed by atoms with Crippen molar-refractivity contribution in [2.24, 2.45) is 17.3 Å². The predicted molar refractivity (Wildman–Crippen MR) is 68.1 cm³/mol. The van der Waals surface area contributed by atoms with Crippen LogP contribution in [-0.2, 0) is 9.59 Å². The summed E-state index contributed by atoms with van der Waals surface area (Å²) < 4.78 is 0. The molecule has 1 aliphatic carbocycles. The highest BCUT2D eigenvalue weighted by atomic mass is 16.4. The molecule has 1 saturated carbocycles. The summed E-state index contributed by atoms with van der Waals surface area (Å²) in [4.78, 5) is 25.2. The van der Waals surface area contributed by atoms with Crippen LogP contribution in [0, 0.1) is 17.3 Å². The number of nitrogens with zero attached hydrogens (tertiary/aromatic N) is 1. The first-order valence-corrected chi connectivity index (χ1v) is 6.91. The Morgan fingerprint density at radius 3 is 2.11 bits per heavy atom. The number of aliphatic carboxylic acids is 1. The van der Waals surface area contributed by atoms with Gasteiger partial charge in [0.15, 0.2) is 0 Å². The quantitative estimate of drug-likeness (QED) is 0.820. The standard InChI is InChI=1S/C14H23NO3/c1-14(2)7-8-15(9-14)12(16)10-3-5-11(6-4-10)13(17)18/h10-11H,3-9H2,1-2H3,(H,17,18). The Kier molecular flexibility index (Phi) is 3.64. The lowest BCUT2D eigenvalue weighted by atomic mass is 9.81. The van der Waals surface area contributed by atoms with Gasteiger partial charge in [-0.3, -0.25) is 9.59 Å². The van der Waals surface area contributed by atoms with Crippen LogP contribution in [0.3, 0.4) is 0 Å². The van der Waals surface area contributed by atoms with Crippen molar-refractivity contribution < 1.29 is 14.7 Å². The Labute approximate surface area is 108 Å². The summed E-state index contributed by atoms with van der Waals surface area (Å²) in [6, 6.07) is 0. The minimum Gasteiger partial charge on any atom is -0.481 e. The third-order valence-electron chi connectivity index (χ3n) is 4.41. The van der Waals surface area contributed by atoms with Gasteiger partial charge in [0.05, 0.1) is 5.92 Å². The summed E-state index contributed by atoms with van der Waals surface area (Å²) in [5, 5.41) is 8.95. The molecule has 2 fully saturated rings. The third kappa shape index (κ3) is 2.85. The maximum Gasteiger partial charge on any atom is 0.306 e. The Morgan fingerprint density at radius 2 is 1.67 bits per heavy atom. The second-order valence-electron chi connectivity index (χ2n) is 6.56. The number of likely N-dealkylation sites (tertiary alicyclic amines) is 1. The van der Waals surface area contributed by atoms with Gasteiger partial charge in [-0.05, 0) is 37.5 Å². The number of carboxylic acid groups (broad SMARTS) is 1. The number of hydrogen-bond acceptors (Lipinski definition) is 2. The summed E-state index contributed by atoms with van der Waals surface area (Å²) >= 11 is 0. The fourth-order valence-electron chi connectivity index (χ4n) is 3.15.